The first kappa shape index (κ1) is 12.9. The summed E-state index contributed by atoms with van der Waals surface area (Å²) in [5.41, 5.74) is 2.74. The van der Waals surface area contributed by atoms with Gasteiger partial charge in [-0.2, -0.15) is 0 Å². The van der Waals surface area contributed by atoms with E-state index in [0.717, 1.165) is 12.6 Å². The van der Waals surface area contributed by atoms with Crippen molar-refractivity contribution in [2.24, 2.45) is 0 Å². The first-order valence-electron chi connectivity index (χ1n) is 7.47. The molecule has 0 aliphatic carbocycles. The molecule has 0 radical (unpaired) electrons. The molecule has 2 fully saturated rings. The fraction of sp³-hybridized carbons (Fsp3) is 0.625. The average Bonchev–Trinajstić information content (AvgIpc) is 2.96. The molecule has 0 amide bonds. The van der Waals surface area contributed by atoms with Crippen LogP contribution in [0.3, 0.4) is 0 Å². The molecule has 0 aromatic heterocycles. The van der Waals surface area contributed by atoms with Crippen molar-refractivity contribution in [3.8, 4) is 0 Å². The highest BCUT2D eigenvalue weighted by Gasteiger charge is 2.37. The normalized spacial score (nSPS) is 26.9. The first-order valence-corrected chi connectivity index (χ1v) is 7.47. The van der Waals surface area contributed by atoms with Crippen LogP contribution in [0.1, 0.15) is 24.8 Å². The van der Waals surface area contributed by atoms with E-state index in [-0.39, 0.29) is 0 Å². The fourth-order valence-corrected chi connectivity index (χ4v) is 3.59. The van der Waals surface area contributed by atoms with Crippen molar-refractivity contribution in [2.45, 2.75) is 37.9 Å². The summed E-state index contributed by atoms with van der Waals surface area (Å²) in [6.45, 7) is 3.59. The predicted octanol–water partition coefficient (Wildman–Crippen LogP) is 2.40. The van der Waals surface area contributed by atoms with E-state index in [0.29, 0.717) is 6.04 Å². The quantitative estimate of drug-likeness (QED) is 0.896. The predicted molar refractivity (Wildman–Crippen MR) is 80.5 cm³/mol. The van der Waals surface area contributed by atoms with E-state index < -0.39 is 0 Å². The zero-order chi connectivity index (χ0) is 13.2. The number of nitrogens with one attached hydrogen (secondary N) is 1. The summed E-state index contributed by atoms with van der Waals surface area (Å²) in [6.07, 6.45) is 4.04. The smallest absolute Gasteiger partial charge is 0.0429 e. The van der Waals surface area contributed by atoms with Crippen LogP contribution in [-0.4, -0.2) is 49.1 Å². The van der Waals surface area contributed by atoms with Gasteiger partial charge in [0.15, 0.2) is 0 Å². The number of hydrogen-bond donors (Lipinski definition) is 1. The number of nitrogens with zero attached hydrogens (tertiary/aromatic N) is 2. The summed E-state index contributed by atoms with van der Waals surface area (Å²) in [7, 11) is 4.26. The highest BCUT2D eigenvalue weighted by molar-refractivity contribution is 5.52. The largest absolute Gasteiger partial charge is 0.380 e. The third-order valence-corrected chi connectivity index (χ3v) is 4.45. The van der Waals surface area contributed by atoms with Crippen LogP contribution in [0, 0.1) is 0 Å². The summed E-state index contributed by atoms with van der Waals surface area (Å²) in [6, 6.07) is 10.2. The van der Waals surface area contributed by atoms with Crippen LogP contribution in [0.5, 0.6) is 0 Å². The van der Waals surface area contributed by atoms with Crippen LogP contribution in [0.4, 0.5) is 5.69 Å². The zero-order valence-electron chi connectivity index (χ0n) is 12.1. The third kappa shape index (κ3) is 2.77. The third-order valence-electron chi connectivity index (χ3n) is 4.45. The maximum atomic E-state index is 3.82. The van der Waals surface area contributed by atoms with E-state index in [1.54, 1.807) is 0 Å². The van der Waals surface area contributed by atoms with Crippen LogP contribution < -0.4 is 5.32 Å². The molecule has 19 heavy (non-hydrogen) atoms. The average molecular weight is 259 g/mol. The molecule has 2 aliphatic rings. The number of hydrogen-bond acceptors (Lipinski definition) is 3. The molecule has 2 atom stereocenters. The summed E-state index contributed by atoms with van der Waals surface area (Å²) < 4.78 is 0. The Balaban J connectivity index is 1.72. The van der Waals surface area contributed by atoms with Crippen LogP contribution in [-0.2, 0) is 6.54 Å². The van der Waals surface area contributed by atoms with Crippen molar-refractivity contribution in [3.63, 3.8) is 0 Å². The lowest BCUT2D eigenvalue weighted by Gasteiger charge is -2.24. The van der Waals surface area contributed by atoms with Crippen LogP contribution in [0.2, 0.25) is 0 Å². The molecule has 3 nitrogen and oxygen atoms in total. The molecule has 104 valence electrons. The summed E-state index contributed by atoms with van der Waals surface area (Å²) >= 11 is 0. The van der Waals surface area contributed by atoms with Gasteiger partial charge in [-0.25, -0.2) is 0 Å². The summed E-state index contributed by atoms with van der Waals surface area (Å²) in [5.74, 6) is 0. The van der Waals surface area contributed by atoms with Crippen molar-refractivity contribution >= 4 is 5.69 Å². The molecule has 0 saturated carbocycles. The van der Waals surface area contributed by atoms with E-state index in [1.807, 2.05) is 0 Å². The van der Waals surface area contributed by atoms with Gasteiger partial charge in [0, 0.05) is 30.9 Å². The molecule has 2 saturated heterocycles. The number of rotatable bonds is 4. The minimum Gasteiger partial charge on any atom is -0.380 e. The Morgan fingerprint density at radius 1 is 1.21 bits per heavy atom. The Morgan fingerprint density at radius 2 is 2.05 bits per heavy atom. The Bertz CT molecular complexity index is 430. The lowest BCUT2D eigenvalue weighted by atomic mass is 10.0. The van der Waals surface area contributed by atoms with E-state index in [9.17, 15) is 0 Å². The van der Waals surface area contributed by atoms with Gasteiger partial charge >= 0.3 is 0 Å². The second-order valence-electron chi connectivity index (χ2n) is 6.18. The molecule has 2 aliphatic heterocycles. The molecule has 3 heteroatoms. The summed E-state index contributed by atoms with van der Waals surface area (Å²) in [4.78, 5) is 4.89. The Morgan fingerprint density at radius 3 is 2.89 bits per heavy atom. The molecule has 1 aromatic rings. The van der Waals surface area contributed by atoms with Crippen molar-refractivity contribution in [1.29, 1.82) is 0 Å². The zero-order valence-corrected chi connectivity index (χ0v) is 12.1. The standard InChI is InChI=1S/C16H25N3/c1-18(2)12-13-6-3-4-7-14(13)17-15-9-11-19-10-5-8-16(15)19/h3-4,6-7,15-17H,5,8-12H2,1-2H3. The SMILES string of the molecule is CN(C)Cc1ccccc1NC1CCN2CCCC12. The van der Waals surface area contributed by atoms with Crippen LogP contribution >= 0.6 is 0 Å². The molecule has 0 spiro atoms. The van der Waals surface area contributed by atoms with Crippen LogP contribution in [0.25, 0.3) is 0 Å². The second-order valence-corrected chi connectivity index (χ2v) is 6.18. The Labute approximate surface area is 116 Å². The number of fused-ring (bicyclic) bond motifs is 1. The monoisotopic (exact) mass is 259 g/mol. The molecule has 0 bridgehead atoms. The molecule has 1 aromatic carbocycles. The van der Waals surface area contributed by atoms with Gasteiger partial charge in [0.25, 0.3) is 0 Å². The molecule has 2 unspecified atom stereocenters. The van der Waals surface area contributed by atoms with Gasteiger partial charge in [-0.3, -0.25) is 4.90 Å². The number of para-hydroxylation sites is 1. The number of anilines is 1. The van der Waals surface area contributed by atoms with Crippen molar-refractivity contribution < 1.29 is 0 Å². The number of benzene rings is 1. The van der Waals surface area contributed by atoms with Gasteiger partial charge in [0.05, 0.1) is 0 Å². The molecule has 1 N–H and O–H groups in total. The van der Waals surface area contributed by atoms with Gasteiger partial charge in [0.1, 0.15) is 0 Å². The minimum absolute atomic E-state index is 0.644. The van der Waals surface area contributed by atoms with E-state index in [2.05, 4.69) is 53.5 Å². The molecule has 2 heterocycles. The first-order chi connectivity index (χ1) is 9.24. The van der Waals surface area contributed by atoms with Crippen LogP contribution in [0.15, 0.2) is 24.3 Å². The molecular formula is C16H25N3. The van der Waals surface area contributed by atoms with E-state index >= 15 is 0 Å². The van der Waals surface area contributed by atoms with Crippen molar-refractivity contribution in [1.82, 2.24) is 9.80 Å². The Kier molecular flexibility index (Phi) is 3.76. The fourth-order valence-electron chi connectivity index (χ4n) is 3.59. The topological polar surface area (TPSA) is 18.5 Å². The van der Waals surface area contributed by atoms with Crippen molar-refractivity contribution in [3.05, 3.63) is 29.8 Å². The van der Waals surface area contributed by atoms with E-state index in [1.165, 1.54) is 43.6 Å². The van der Waals surface area contributed by atoms with Gasteiger partial charge in [-0.1, -0.05) is 18.2 Å². The summed E-state index contributed by atoms with van der Waals surface area (Å²) in [5, 5.41) is 3.82. The van der Waals surface area contributed by atoms with E-state index in [4.69, 9.17) is 0 Å². The van der Waals surface area contributed by atoms with Gasteiger partial charge in [-0.05, 0) is 51.5 Å². The highest BCUT2D eigenvalue weighted by Crippen LogP contribution is 2.31. The van der Waals surface area contributed by atoms with Crippen molar-refractivity contribution in [2.75, 3.05) is 32.5 Å². The lowest BCUT2D eigenvalue weighted by molar-refractivity contribution is 0.318. The van der Waals surface area contributed by atoms with Gasteiger partial charge in [0.2, 0.25) is 0 Å². The molecule has 3 rings (SSSR count). The highest BCUT2D eigenvalue weighted by atomic mass is 15.2. The molecular weight excluding hydrogens is 234 g/mol. The second kappa shape index (κ2) is 5.51. The van der Waals surface area contributed by atoms with Gasteiger partial charge < -0.3 is 10.2 Å². The van der Waals surface area contributed by atoms with Gasteiger partial charge in [-0.15, -0.1) is 0 Å². The maximum Gasteiger partial charge on any atom is 0.0429 e. The minimum atomic E-state index is 0.644. The Hall–Kier alpha value is -1.06. The lowest BCUT2D eigenvalue weighted by Crippen LogP contribution is -2.34. The maximum absolute atomic E-state index is 3.82.